The number of anilines is 1. The first kappa shape index (κ1) is 10.9. The van der Waals surface area contributed by atoms with Gasteiger partial charge in [-0.2, -0.15) is 0 Å². The Kier molecular flexibility index (Phi) is 2.76. The van der Waals surface area contributed by atoms with Crippen LogP contribution in [-0.2, 0) is 13.1 Å². The summed E-state index contributed by atoms with van der Waals surface area (Å²) in [5.74, 6) is 0. The predicted molar refractivity (Wildman–Crippen MR) is 73.2 cm³/mol. The lowest BCUT2D eigenvalue weighted by molar-refractivity contribution is 0.573. The Morgan fingerprint density at radius 1 is 1.11 bits per heavy atom. The Balaban J connectivity index is 1.71. The molecule has 0 amide bonds. The second kappa shape index (κ2) is 4.56. The maximum Gasteiger partial charge on any atom is 0.0945 e. The van der Waals surface area contributed by atoms with Gasteiger partial charge in [0.1, 0.15) is 0 Å². The lowest BCUT2D eigenvalue weighted by atomic mass is 10.2. The maximum absolute atomic E-state index is 5.78. The molecule has 0 aliphatic heterocycles. The monoisotopic (exact) mass is 240 g/mol. The fourth-order valence-corrected chi connectivity index (χ4v) is 2.26. The smallest absolute Gasteiger partial charge is 0.0945 e. The SMILES string of the molecule is Nc1ccc2c(ccn2CCCn2ccnc2)c1. The number of rotatable bonds is 4. The number of aryl methyl sites for hydroxylation is 2. The zero-order valence-corrected chi connectivity index (χ0v) is 10.2. The minimum Gasteiger partial charge on any atom is -0.399 e. The van der Waals surface area contributed by atoms with Gasteiger partial charge in [0, 0.05) is 48.3 Å². The first-order valence-electron chi connectivity index (χ1n) is 6.13. The van der Waals surface area contributed by atoms with E-state index in [4.69, 9.17) is 5.73 Å². The Labute approximate surface area is 106 Å². The molecule has 2 N–H and O–H groups in total. The average molecular weight is 240 g/mol. The molecule has 0 unspecified atom stereocenters. The van der Waals surface area contributed by atoms with Crippen molar-refractivity contribution in [3.8, 4) is 0 Å². The molecular weight excluding hydrogens is 224 g/mol. The van der Waals surface area contributed by atoms with Crippen molar-refractivity contribution in [1.29, 1.82) is 0 Å². The summed E-state index contributed by atoms with van der Waals surface area (Å²) in [5, 5.41) is 1.21. The van der Waals surface area contributed by atoms with E-state index < -0.39 is 0 Å². The largest absolute Gasteiger partial charge is 0.399 e. The van der Waals surface area contributed by atoms with Gasteiger partial charge in [0.25, 0.3) is 0 Å². The van der Waals surface area contributed by atoms with Crippen molar-refractivity contribution in [2.45, 2.75) is 19.5 Å². The highest BCUT2D eigenvalue weighted by molar-refractivity contribution is 5.83. The van der Waals surface area contributed by atoms with Crippen molar-refractivity contribution < 1.29 is 0 Å². The van der Waals surface area contributed by atoms with Crippen LogP contribution >= 0.6 is 0 Å². The Morgan fingerprint density at radius 3 is 2.89 bits per heavy atom. The van der Waals surface area contributed by atoms with E-state index >= 15 is 0 Å². The third kappa shape index (κ3) is 2.09. The zero-order chi connectivity index (χ0) is 12.4. The highest BCUT2D eigenvalue weighted by atomic mass is 15.0. The molecule has 0 fully saturated rings. The van der Waals surface area contributed by atoms with Gasteiger partial charge in [-0.3, -0.25) is 0 Å². The van der Waals surface area contributed by atoms with Crippen LogP contribution in [0.15, 0.2) is 49.2 Å². The van der Waals surface area contributed by atoms with Gasteiger partial charge in [-0.1, -0.05) is 0 Å². The van der Waals surface area contributed by atoms with Crippen molar-refractivity contribution in [3.63, 3.8) is 0 Å². The van der Waals surface area contributed by atoms with Crippen LogP contribution in [0.4, 0.5) is 5.69 Å². The molecule has 0 atom stereocenters. The fourth-order valence-electron chi connectivity index (χ4n) is 2.26. The number of aromatic nitrogens is 3. The summed E-state index contributed by atoms with van der Waals surface area (Å²) >= 11 is 0. The van der Waals surface area contributed by atoms with Crippen molar-refractivity contribution in [2.75, 3.05) is 5.73 Å². The van der Waals surface area contributed by atoms with Crippen LogP contribution in [0.5, 0.6) is 0 Å². The summed E-state index contributed by atoms with van der Waals surface area (Å²) in [6.07, 6.45) is 8.87. The molecule has 2 heterocycles. The van der Waals surface area contributed by atoms with Gasteiger partial charge in [0.05, 0.1) is 6.33 Å². The summed E-state index contributed by atoms with van der Waals surface area (Å²) in [4.78, 5) is 4.04. The van der Waals surface area contributed by atoms with Crippen LogP contribution < -0.4 is 5.73 Å². The molecule has 0 saturated carbocycles. The third-order valence-corrected chi connectivity index (χ3v) is 3.17. The molecule has 0 saturated heterocycles. The third-order valence-electron chi connectivity index (χ3n) is 3.17. The maximum atomic E-state index is 5.78. The van der Waals surface area contributed by atoms with Gasteiger partial charge in [-0.25, -0.2) is 4.98 Å². The molecule has 0 bridgehead atoms. The van der Waals surface area contributed by atoms with Crippen molar-refractivity contribution in [3.05, 3.63) is 49.2 Å². The van der Waals surface area contributed by atoms with E-state index in [0.29, 0.717) is 0 Å². The number of hydrogen-bond donors (Lipinski definition) is 1. The van der Waals surface area contributed by atoms with Gasteiger partial charge in [0.2, 0.25) is 0 Å². The number of nitrogens with two attached hydrogens (primary N) is 1. The quantitative estimate of drug-likeness (QED) is 0.712. The second-order valence-corrected chi connectivity index (χ2v) is 4.48. The second-order valence-electron chi connectivity index (χ2n) is 4.48. The average Bonchev–Trinajstić information content (AvgIpc) is 2.99. The number of nitrogen functional groups attached to an aromatic ring is 1. The van der Waals surface area contributed by atoms with E-state index in [1.54, 1.807) is 0 Å². The molecule has 92 valence electrons. The lowest BCUT2D eigenvalue weighted by Crippen LogP contribution is -2.01. The van der Waals surface area contributed by atoms with E-state index in [1.807, 2.05) is 30.9 Å². The highest BCUT2D eigenvalue weighted by Gasteiger charge is 2.01. The first-order chi connectivity index (χ1) is 8.83. The Hall–Kier alpha value is -2.23. The minimum absolute atomic E-state index is 0.818. The van der Waals surface area contributed by atoms with Crippen molar-refractivity contribution in [1.82, 2.24) is 14.1 Å². The van der Waals surface area contributed by atoms with Gasteiger partial charge in [-0.05, 0) is 30.7 Å². The summed E-state index contributed by atoms with van der Waals surface area (Å²) in [5.41, 5.74) is 7.84. The van der Waals surface area contributed by atoms with E-state index in [-0.39, 0.29) is 0 Å². The van der Waals surface area contributed by atoms with Gasteiger partial charge in [-0.15, -0.1) is 0 Å². The lowest BCUT2D eigenvalue weighted by Gasteiger charge is -2.06. The van der Waals surface area contributed by atoms with Crippen LogP contribution in [0, 0.1) is 0 Å². The van der Waals surface area contributed by atoms with Crippen molar-refractivity contribution >= 4 is 16.6 Å². The number of fused-ring (bicyclic) bond motifs is 1. The summed E-state index contributed by atoms with van der Waals surface area (Å²) < 4.78 is 4.37. The topological polar surface area (TPSA) is 48.8 Å². The van der Waals surface area contributed by atoms with E-state index in [0.717, 1.165) is 25.2 Å². The van der Waals surface area contributed by atoms with E-state index in [2.05, 4.69) is 32.4 Å². The van der Waals surface area contributed by atoms with Gasteiger partial charge in [0.15, 0.2) is 0 Å². The standard InChI is InChI=1S/C14H16N4/c15-13-2-3-14-12(10-13)4-8-18(14)7-1-6-17-9-5-16-11-17/h2-5,8-11H,1,6-7,15H2. The molecule has 2 aromatic heterocycles. The summed E-state index contributed by atoms with van der Waals surface area (Å²) in [7, 11) is 0. The molecule has 18 heavy (non-hydrogen) atoms. The van der Waals surface area contributed by atoms with Crippen molar-refractivity contribution in [2.24, 2.45) is 0 Å². The van der Waals surface area contributed by atoms with Crippen LogP contribution in [0.1, 0.15) is 6.42 Å². The number of imidazole rings is 1. The molecule has 3 aromatic rings. The number of nitrogens with zero attached hydrogens (tertiary/aromatic N) is 3. The Morgan fingerprint density at radius 2 is 2.06 bits per heavy atom. The van der Waals surface area contributed by atoms with Crippen LogP contribution in [0.25, 0.3) is 10.9 Å². The first-order valence-corrected chi connectivity index (χ1v) is 6.13. The molecule has 0 spiro atoms. The molecule has 3 rings (SSSR count). The minimum atomic E-state index is 0.818. The molecule has 0 aliphatic carbocycles. The highest BCUT2D eigenvalue weighted by Crippen LogP contribution is 2.19. The van der Waals surface area contributed by atoms with Gasteiger partial charge >= 0.3 is 0 Å². The molecule has 4 heteroatoms. The summed E-state index contributed by atoms with van der Waals surface area (Å²) in [6.45, 7) is 2.00. The van der Waals surface area contributed by atoms with Crippen LogP contribution in [-0.4, -0.2) is 14.1 Å². The zero-order valence-electron chi connectivity index (χ0n) is 10.2. The van der Waals surface area contributed by atoms with E-state index in [9.17, 15) is 0 Å². The number of benzene rings is 1. The molecular formula is C14H16N4. The fraction of sp³-hybridized carbons (Fsp3) is 0.214. The van der Waals surface area contributed by atoms with Crippen LogP contribution in [0.2, 0.25) is 0 Å². The number of hydrogen-bond acceptors (Lipinski definition) is 2. The molecule has 0 aliphatic rings. The van der Waals surface area contributed by atoms with Crippen LogP contribution in [0.3, 0.4) is 0 Å². The predicted octanol–water partition coefficient (Wildman–Crippen LogP) is 2.51. The summed E-state index contributed by atoms with van der Waals surface area (Å²) in [6, 6.07) is 8.17. The van der Waals surface area contributed by atoms with E-state index in [1.165, 1.54) is 10.9 Å². The van der Waals surface area contributed by atoms with Gasteiger partial charge < -0.3 is 14.9 Å². The molecule has 4 nitrogen and oxygen atoms in total. The molecule has 1 aromatic carbocycles. The Bertz CT molecular complexity index is 637. The normalized spacial score (nSPS) is 11.1. The molecule has 0 radical (unpaired) electrons.